The third-order valence-corrected chi connectivity index (χ3v) is 4.11. The van der Waals surface area contributed by atoms with Crippen molar-refractivity contribution in [2.24, 2.45) is 0 Å². The second-order valence-corrected chi connectivity index (χ2v) is 6.14. The molecule has 0 amide bonds. The number of likely N-dealkylation sites (tertiary alicyclic amines) is 1. The Kier molecular flexibility index (Phi) is 4.71. The SMILES string of the molecule is Cc1ccc(CN2CCC(Nc3cc(C(F)(F)F)ncn3)C2)cc1. The molecule has 2 heterocycles. The number of nitrogens with zero attached hydrogens (tertiary/aromatic N) is 3. The Labute approximate surface area is 138 Å². The number of benzene rings is 1. The van der Waals surface area contributed by atoms with Crippen LogP contribution in [-0.4, -0.2) is 34.0 Å². The van der Waals surface area contributed by atoms with Gasteiger partial charge in [0.2, 0.25) is 0 Å². The van der Waals surface area contributed by atoms with E-state index in [1.54, 1.807) is 0 Å². The normalized spacial score (nSPS) is 18.8. The zero-order valence-corrected chi connectivity index (χ0v) is 13.3. The monoisotopic (exact) mass is 336 g/mol. The summed E-state index contributed by atoms with van der Waals surface area (Å²) in [5.74, 6) is 0.222. The summed E-state index contributed by atoms with van der Waals surface area (Å²) in [4.78, 5) is 9.46. The summed E-state index contributed by atoms with van der Waals surface area (Å²) in [6.45, 7) is 4.58. The summed E-state index contributed by atoms with van der Waals surface area (Å²) in [7, 11) is 0. The molecule has 24 heavy (non-hydrogen) atoms. The minimum atomic E-state index is -4.45. The summed E-state index contributed by atoms with van der Waals surface area (Å²) in [5.41, 5.74) is 1.54. The van der Waals surface area contributed by atoms with Crippen LogP contribution in [-0.2, 0) is 12.7 Å². The van der Waals surface area contributed by atoms with Crippen LogP contribution in [0.4, 0.5) is 19.0 Å². The first-order valence-corrected chi connectivity index (χ1v) is 7.84. The fraction of sp³-hybridized carbons (Fsp3) is 0.412. The maximum absolute atomic E-state index is 12.7. The van der Waals surface area contributed by atoms with Gasteiger partial charge in [0.25, 0.3) is 0 Å². The van der Waals surface area contributed by atoms with Crippen LogP contribution < -0.4 is 5.32 Å². The maximum Gasteiger partial charge on any atom is 0.433 e. The van der Waals surface area contributed by atoms with E-state index in [0.717, 1.165) is 38.4 Å². The van der Waals surface area contributed by atoms with Gasteiger partial charge < -0.3 is 5.32 Å². The lowest BCUT2D eigenvalue weighted by Crippen LogP contribution is -2.26. The predicted molar refractivity (Wildman–Crippen MR) is 85.5 cm³/mol. The molecular weight excluding hydrogens is 317 g/mol. The molecule has 1 aliphatic rings. The van der Waals surface area contributed by atoms with Crippen LogP contribution in [0, 0.1) is 6.92 Å². The molecule has 4 nitrogen and oxygen atoms in total. The Morgan fingerprint density at radius 2 is 1.96 bits per heavy atom. The number of alkyl halides is 3. The number of nitrogens with one attached hydrogen (secondary N) is 1. The fourth-order valence-electron chi connectivity index (χ4n) is 2.85. The van der Waals surface area contributed by atoms with Gasteiger partial charge in [-0.05, 0) is 18.9 Å². The van der Waals surface area contributed by atoms with Crippen molar-refractivity contribution in [2.45, 2.75) is 32.1 Å². The standard InChI is InChI=1S/C17H19F3N4/c1-12-2-4-13(5-3-12)9-24-7-6-14(10-24)23-16-8-15(17(18,19)20)21-11-22-16/h2-5,8,11,14H,6-7,9-10H2,1H3,(H,21,22,23). The van der Waals surface area contributed by atoms with E-state index in [1.807, 2.05) is 0 Å². The highest BCUT2D eigenvalue weighted by atomic mass is 19.4. The first-order valence-electron chi connectivity index (χ1n) is 7.84. The summed E-state index contributed by atoms with van der Waals surface area (Å²) in [6, 6.07) is 9.43. The Hall–Kier alpha value is -2.15. The summed E-state index contributed by atoms with van der Waals surface area (Å²) >= 11 is 0. The lowest BCUT2D eigenvalue weighted by Gasteiger charge is -2.17. The molecule has 0 saturated carbocycles. The lowest BCUT2D eigenvalue weighted by atomic mass is 10.1. The average molecular weight is 336 g/mol. The van der Waals surface area contributed by atoms with Crippen molar-refractivity contribution < 1.29 is 13.2 Å². The molecule has 0 spiro atoms. The highest BCUT2D eigenvalue weighted by Crippen LogP contribution is 2.28. The Morgan fingerprint density at radius 1 is 1.21 bits per heavy atom. The first-order chi connectivity index (χ1) is 11.4. The van der Waals surface area contributed by atoms with E-state index in [4.69, 9.17) is 0 Å². The minimum Gasteiger partial charge on any atom is -0.366 e. The average Bonchev–Trinajstić information content (AvgIpc) is 2.96. The van der Waals surface area contributed by atoms with Crippen molar-refractivity contribution in [3.05, 3.63) is 53.5 Å². The Bertz CT molecular complexity index is 685. The van der Waals surface area contributed by atoms with Gasteiger partial charge in [-0.2, -0.15) is 13.2 Å². The molecule has 1 atom stereocenters. The van der Waals surface area contributed by atoms with Gasteiger partial charge in [0.15, 0.2) is 0 Å². The summed E-state index contributed by atoms with van der Waals surface area (Å²) in [6.07, 6.45) is -2.63. The highest BCUT2D eigenvalue weighted by molar-refractivity contribution is 5.37. The minimum absolute atomic E-state index is 0.0893. The van der Waals surface area contributed by atoms with Crippen molar-refractivity contribution >= 4 is 5.82 Å². The summed E-state index contributed by atoms with van der Waals surface area (Å²) < 4.78 is 38.1. The molecule has 1 aliphatic heterocycles. The van der Waals surface area contributed by atoms with Crippen LogP contribution in [0.5, 0.6) is 0 Å². The molecule has 1 aromatic heterocycles. The quantitative estimate of drug-likeness (QED) is 0.928. The second-order valence-electron chi connectivity index (χ2n) is 6.14. The topological polar surface area (TPSA) is 41.0 Å². The molecule has 2 aromatic rings. The third-order valence-electron chi connectivity index (χ3n) is 4.11. The number of hydrogen-bond donors (Lipinski definition) is 1. The molecule has 1 unspecified atom stereocenters. The van der Waals surface area contributed by atoms with Gasteiger partial charge in [0.1, 0.15) is 17.8 Å². The number of anilines is 1. The van der Waals surface area contributed by atoms with Crippen LogP contribution in [0.3, 0.4) is 0 Å². The van der Waals surface area contributed by atoms with Gasteiger partial charge in [-0.1, -0.05) is 29.8 Å². The van der Waals surface area contributed by atoms with Crippen molar-refractivity contribution in [2.75, 3.05) is 18.4 Å². The van der Waals surface area contributed by atoms with E-state index < -0.39 is 11.9 Å². The number of aryl methyl sites for hydroxylation is 1. The molecular formula is C17H19F3N4. The van der Waals surface area contributed by atoms with Gasteiger partial charge in [0, 0.05) is 31.7 Å². The Balaban J connectivity index is 1.57. The van der Waals surface area contributed by atoms with Crippen molar-refractivity contribution in [3.8, 4) is 0 Å². The predicted octanol–water partition coefficient (Wildman–Crippen LogP) is 3.49. The molecule has 0 radical (unpaired) electrons. The number of aromatic nitrogens is 2. The highest BCUT2D eigenvalue weighted by Gasteiger charge is 2.33. The van der Waals surface area contributed by atoms with Crippen LogP contribution in [0.15, 0.2) is 36.7 Å². The van der Waals surface area contributed by atoms with Crippen molar-refractivity contribution in [3.63, 3.8) is 0 Å². The zero-order valence-electron chi connectivity index (χ0n) is 13.3. The molecule has 7 heteroatoms. The fourth-order valence-corrected chi connectivity index (χ4v) is 2.85. The van der Waals surface area contributed by atoms with Gasteiger partial charge in [0.05, 0.1) is 0 Å². The Morgan fingerprint density at radius 3 is 2.67 bits per heavy atom. The summed E-state index contributed by atoms with van der Waals surface area (Å²) in [5, 5.41) is 3.09. The zero-order chi connectivity index (χ0) is 17.2. The van der Waals surface area contributed by atoms with E-state index >= 15 is 0 Å². The second kappa shape index (κ2) is 6.76. The first kappa shape index (κ1) is 16.7. The van der Waals surface area contributed by atoms with Gasteiger partial charge in [-0.15, -0.1) is 0 Å². The maximum atomic E-state index is 12.7. The van der Waals surface area contributed by atoms with E-state index in [1.165, 1.54) is 11.1 Å². The smallest absolute Gasteiger partial charge is 0.366 e. The molecule has 128 valence electrons. The van der Waals surface area contributed by atoms with E-state index in [2.05, 4.69) is 51.4 Å². The lowest BCUT2D eigenvalue weighted by molar-refractivity contribution is -0.141. The molecule has 0 aliphatic carbocycles. The van der Waals surface area contributed by atoms with Gasteiger partial charge in [-0.25, -0.2) is 9.97 Å². The molecule has 0 bridgehead atoms. The number of hydrogen-bond acceptors (Lipinski definition) is 4. The van der Waals surface area contributed by atoms with Gasteiger partial charge >= 0.3 is 6.18 Å². The van der Waals surface area contributed by atoms with E-state index in [9.17, 15) is 13.2 Å². The molecule has 1 N–H and O–H groups in total. The molecule has 1 saturated heterocycles. The van der Waals surface area contributed by atoms with E-state index in [0.29, 0.717) is 0 Å². The van der Waals surface area contributed by atoms with Crippen LogP contribution in [0.1, 0.15) is 23.2 Å². The van der Waals surface area contributed by atoms with Crippen LogP contribution >= 0.6 is 0 Å². The largest absolute Gasteiger partial charge is 0.433 e. The van der Waals surface area contributed by atoms with Crippen LogP contribution in [0.2, 0.25) is 0 Å². The molecule has 1 aromatic carbocycles. The molecule has 3 rings (SSSR count). The number of halogens is 3. The van der Waals surface area contributed by atoms with Crippen molar-refractivity contribution in [1.29, 1.82) is 0 Å². The van der Waals surface area contributed by atoms with Crippen LogP contribution in [0.25, 0.3) is 0 Å². The molecule has 1 fully saturated rings. The van der Waals surface area contributed by atoms with Gasteiger partial charge in [-0.3, -0.25) is 4.90 Å². The van der Waals surface area contributed by atoms with E-state index in [-0.39, 0.29) is 11.9 Å². The third kappa shape index (κ3) is 4.23. The number of rotatable bonds is 4. The van der Waals surface area contributed by atoms with Crippen molar-refractivity contribution in [1.82, 2.24) is 14.9 Å².